The van der Waals surface area contributed by atoms with E-state index in [1.807, 2.05) is 28.8 Å². The van der Waals surface area contributed by atoms with Gasteiger partial charge in [0.15, 0.2) is 0 Å². The Morgan fingerprint density at radius 3 is 2.84 bits per heavy atom. The number of rotatable bonds is 4. The number of nitrogens with one attached hydrogen (secondary N) is 2. The smallest absolute Gasteiger partial charge is 0.251 e. The van der Waals surface area contributed by atoms with Gasteiger partial charge in [0, 0.05) is 30.4 Å². The van der Waals surface area contributed by atoms with Gasteiger partial charge in [-0.25, -0.2) is 0 Å². The van der Waals surface area contributed by atoms with Crippen LogP contribution in [0.15, 0.2) is 35.1 Å². The van der Waals surface area contributed by atoms with E-state index in [9.17, 15) is 4.79 Å². The molecule has 4 rings (SSSR count). The predicted molar refractivity (Wildman–Crippen MR) is 100 cm³/mol. The number of ether oxygens (including phenoxy) is 1. The van der Waals surface area contributed by atoms with E-state index in [1.54, 1.807) is 13.2 Å². The van der Waals surface area contributed by atoms with Gasteiger partial charge >= 0.3 is 0 Å². The Balaban J connectivity index is 1.71. The summed E-state index contributed by atoms with van der Waals surface area (Å²) in [6.45, 7) is 3.72. The van der Waals surface area contributed by atoms with Crippen LogP contribution >= 0.6 is 0 Å². The van der Waals surface area contributed by atoms with Crippen LogP contribution in [0.5, 0.6) is 5.75 Å². The number of methoxy groups -OCH3 is 1. The second kappa shape index (κ2) is 6.92. The number of pyridine rings is 1. The predicted octanol–water partition coefficient (Wildman–Crippen LogP) is 2.84. The molecule has 1 aromatic carbocycles. The molecule has 0 radical (unpaired) electrons. The minimum Gasteiger partial charge on any atom is -0.497 e. The summed E-state index contributed by atoms with van der Waals surface area (Å²) in [4.78, 5) is 12.6. The van der Waals surface area contributed by atoms with Crippen molar-refractivity contribution in [3.63, 3.8) is 0 Å². The molecule has 2 aromatic rings. The summed E-state index contributed by atoms with van der Waals surface area (Å²) >= 11 is 0. The van der Waals surface area contributed by atoms with Gasteiger partial charge in [-0.05, 0) is 68.1 Å². The lowest BCUT2D eigenvalue weighted by Crippen LogP contribution is -2.30. The van der Waals surface area contributed by atoms with Crippen LogP contribution in [0.25, 0.3) is 11.3 Å². The molecule has 5 heteroatoms. The molecule has 0 atom stereocenters. The van der Waals surface area contributed by atoms with Crippen molar-refractivity contribution in [2.45, 2.75) is 32.4 Å². The first kappa shape index (κ1) is 16.2. The molecule has 2 aliphatic heterocycles. The summed E-state index contributed by atoms with van der Waals surface area (Å²) in [6, 6.07) is 9.67. The Kier molecular flexibility index (Phi) is 4.49. The highest BCUT2D eigenvalue weighted by Crippen LogP contribution is 2.37. The number of nitrogens with zero attached hydrogens (tertiary/aromatic N) is 1. The van der Waals surface area contributed by atoms with Crippen LogP contribution in [-0.2, 0) is 13.1 Å². The summed E-state index contributed by atoms with van der Waals surface area (Å²) in [6.07, 6.45) is 3.47. The second-order valence-electron chi connectivity index (χ2n) is 6.94. The first-order chi connectivity index (χ1) is 12.3. The van der Waals surface area contributed by atoms with Crippen molar-refractivity contribution >= 4 is 5.69 Å². The molecule has 0 unspecified atom stereocenters. The maximum Gasteiger partial charge on any atom is 0.251 e. The van der Waals surface area contributed by atoms with Crippen molar-refractivity contribution in [1.82, 2.24) is 9.88 Å². The summed E-state index contributed by atoms with van der Waals surface area (Å²) in [5.74, 6) is 1.52. The van der Waals surface area contributed by atoms with E-state index >= 15 is 0 Å². The van der Waals surface area contributed by atoms with Crippen molar-refractivity contribution in [3.8, 4) is 17.0 Å². The molecule has 25 heavy (non-hydrogen) atoms. The fraction of sp³-hybridized carbons (Fsp3) is 0.450. The Morgan fingerprint density at radius 2 is 2.04 bits per heavy atom. The van der Waals surface area contributed by atoms with E-state index in [4.69, 9.17) is 4.74 Å². The van der Waals surface area contributed by atoms with Crippen LogP contribution in [0.1, 0.15) is 24.8 Å². The number of hydrogen-bond donors (Lipinski definition) is 2. The highest BCUT2D eigenvalue weighted by molar-refractivity contribution is 5.81. The van der Waals surface area contributed by atoms with Gasteiger partial charge in [-0.2, -0.15) is 0 Å². The SMILES string of the molecule is COc1ccc2c(c1)-c1c(ccc(=O)n1CCC1CCNCC1)CN2. The molecule has 0 bridgehead atoms. The van der Waals surface area contributed by atoms with Gasteiger partial charge in [-0.3, -0.25) is 4.79 Å². The van der Waals surface area contributed by atoms with Crippen LogP contribution in [0.2, 0.25) is 0 Å². The largest absolute Gasteiger partial charge is 0.497 e. The third-order valence-electron chi connectivity index (χ3n) is 5.44. The van der Waals surface area contributed by atoms with Gasteiger partial charge in [0.2, 0.25) is 0 Å². The zero-order valence-corrected chi connectivity index (χ0v) is 14.7. The number of piperidine rings is 1. The molecule has 0 saturated carbocycles. The van der Waals surface area contributed by atoms with Crippen molar-refractivity contribution in [1.29, 1.82) is 0 Å². The van der Waals surface area contributed by atoms with E-state index in [0.29, 0.717) is 5.92 Å². The average molecular weight is 339 g/mol. The summed E-state index contributed by atoms with van der Waals surface area (Å²) < 4.78 is 7.37. The highest BCUT2D eigenvalue weighted by Gasteiger charge is 2.21. The fourth-order valence-corrected chi connectivity index (χ4v) is 3.98. The minimum absolute atomic E-state index is 0.0864. The van der Waals surface area contributed by atoms with E-state index in [-0.39, 0.29) is 5.56 Å². The van der Waals surface area contributed by atoms with E-state index in [1.165, 1.54) is 18.4 Å². The molecule has 0 aliphatic carbocycles. The van der Waals surface area contributed by atoms with Gasteiger partial charge in [0.05, 0.1) is 12.8 Å². The fourth-order valence-electron chi connectivity index (χ4n) is 3.98. The monoisotopic (exact) mass is 339 g/mol. The molecule has 1 fully saturated rings. The first-order valence-corrected chi connectivity index (χ1v) is 9.12. The number of anilines is 1. The molecular weight excluding hydrogens is 314 g/mol. The van der Waals surface area contributed by atoms with Crippen molar-refractivity contribution in [2.75, 3.05) is 25.5 Å². The van der Waals surface area contributed by atoms with E-state index in [0.717, 1.165) is 55.3 Å². The molecule has 132 valence electrons. The topological polar surface area (TPSA) is 55.3 Å². The molecule has 2 N–H and O–H groups in total. The van der Waals surface area contributed by atoms with Gasteiger partial charge in [0.25, 0.3) is 5.56 Å². The van der Waals surface area contributed by atoms with Crippen LogP contribution in [0, 0.1) is 5.92 Å². The first-order valence-electron chi connectivity index (χ1n) is 9.12. The molecule has 1 saturated heterocycles. The van der Waals surface area contributed by atoms with Gasteiger partial charge < -0.3 is 19.9 Å². The van der Waals surface area contributed by atoms with Crippen molar-refractivity contribution in [3.05, 3.63) is 46.2 Å². The minimum atomic E-state index is 0.0864. The van der Waals surface area contributed by atoms with Crippen molar-refractivity contribution < 1.29 is 4.74 Å². The number of benzene rings is 1. The van der Waals surface area contributed by atoms with Gasteiger partial charge in [-0.15, -0.1) is 0 Å². The molecule has 3 heterocycles. The van der Waals surface area contributed by atoms with Gasteiger partial charge in [-0.1, -0.05) is 0 Å². The number of hydrogen-bond acceptors (Lipinski definition) is 4. The highest BCUT2D eigenvalue weighted by atomic mass is 16.5. The third kappa shape index (κ3) is 3.16. The quantitative estimate of drug-likeness (QED) is 0.899. The molecule has 1 aromatic heterocycles. The molecule has 5 nitrogen and oxygen atoms in total. The average Bonchev–Trinajstić information content (AvgIpc) is 2.67. The number of aromatic nitrogens is 1. The summed E-state index contributed by atoms with van der Waals surface area (Å²) in [5.41, 5.74) is 4.43. The van der Waals surface area contributed by atoms with Crippen LogP contribution < -0.4 is 20.9 Å². The lowest BCUT2D eigenvalue weighted by molar-refractivity contribution is 0.337. The summed E-state index contributed by atoms with van der Waals surface area (Å²) in [5, 5.41) is 6.85. The van der Waals surface area contributed by atoms with Crippen LogP contribution in [0.3, 0.4) is 0 Å². The Morgan fingerprint density at radius 1 is 1.20 bits per heavy atom. The normalized spacial score (nSPS) is 16.7. The maximum absolute atomic E-state index is 12.6. The summed E-state index contributed by atoms with van der Waals surface area (Å²) in [7, 11) is 1.67. The van der Waals surface area contributed by atoms with E-state index < -0.39 is 0 Å². The Labute approximate surface area is 148 Å². The lowest BCUT2D eigenvalue weighted by atomic mass is 9.94. The van der Waals surface area contributed by atoms with Crippen LogP contribution in [-0.4, -0.2) is 24.8 Å². The maximum atomic E-state index is 12.6. The zero-order chi connectivity index (χ0) is 17.2. The number of fused-ring (bicyclic) bond motifs is 3. The Bertz CT molecular complexity index is 822. The molecule has 0 amide bonds. The molecule has 2 aliphatic rings. The Hall–Kier alpha value is -2.27. The van der Waals surface area contributed by atoms with Crippen LogP contribution in [0.4, 0.5) is 5.69 Å². The van der Waals surface area contributed by atoms with E-state index in [2.05, 4.69) is 10.6 Å². The van der Waals surface area contributed by atoms with Gasteiger partial charge in [0.1, 0.15) is 5.75 Å². The van der Waals surface area contributed by atoms with Crippen molar-refractivity contribution in [2.24, 2.45) is 5.92 Å². The lowest BCUT2D eigenvalue weighted by Gasteiger charge is -2.27. The zero-order valence-electron chi connectivity index (χ0n) is 14.7. The third-order valence-corrected chi connectivity index (χ3v) is 5.44. The second-order valence-corrected chi connectivity index (χ2v) is 6.94. The standard InChI is InChI=1S/C20H25N3O2/c1-25-16-3-4-18-17(12-16)20-15(13-22-18)2-5-19(24)23(20)11-8-14-6-9-21-10-7-14/h2-5,12,14,21-22H,6-11,13H2,1H3. The molecule has 0 spiro atoms. The molecular formula is C20H25N3O2.